The van der Waals surface area contributed by atoms with E-state index in [0.717, 1.165) is 5.56 Å². The molecule has 0 fully saturated rings. The van der Waals surface area contributed by atoms with Crippen LogP contribution in [0, 0.1) is 0 Å². The third-order valence-corrected chi connectivity index (χ3v) is 10.3. The molecule has 0 aliphatic heterocycles. The molecule has 0 amide bonds. The fourth-order valence-electron chi connectivity index (χ4n) is 1.38. The number of benzene rings is 1. The summed E-state index contributed by atoms with van der Waals surface area (Å²) < 4.78 is 20.8. The zero-order valence-electron chi connectivity index (χ0n) is 13.3. The summed E-state index contributed by atoms with van der Waals surface area (Å²) in [5, 5.41) is 0. The fourth-order valence-corrected chi connectivity index (χ4v) is 5.76. The average Bonchev–Trinajstić information content (AvgIpc) is 2.37. The molecule has 1 atom stereocenters. The van der Waals surface area contributed by atoms with Gasteiger partial charge in [0.05, 0.1) is 4.90 Å². The molecule has 116 valence electrons. The van der Waals surface area contributed by atoms with Crippen molar-refractivity contribution in [3.8, 4) is 0 Å². The summed E-state index contributed by atoms with van der Waals surface area (Å²) in [6, 6.07) is 7.51. The predicted molar refractivity (Wildman–Crippen MR) is 91.4 cm³/mol. The second-order valence-electron chi connectivity index (χ2n) is 6.04. The Morgan fingerprint density at radius 2 is 1.70 bits per heavy atom. The predicted octanol–water partition coefficient (Wildman–Crippen LogP) is 2.88. The lowest BCUT2D eigenvalue weighted by Crippen LogP contribution is -2.26. The van der Waals surface area contributed by atoms with Crippen molar-refractivity contribution >= 4 is 20.1 Å². The van der Waals surface area contributed by atoms with Crippen LogP contribution in [0.5, 0.6) is 0 Å². The maximum Gasteiger partial charge on any atom is 0.146 e. The smallest absolute Gasteiger partial charge is 0.146 e. The molecule has 0 radical (unpaired) electrons. The van der Waals surface area contributed by atoms with Crippen molar-refractivity contribution in [3.63, 3.8) is 0 Å². The van der Waals surface area contributed by atoms with E-state index in [-0.39, 0.29) is 4.75 Å². The van der Waals surface area contributed by atoms with Gasteiger partial charge in [0.2, 0.25) is 0 Å². The first-order chi connectivity index (χ1) is 9.05. The molecule has 0 aliphatic carbocycles. The number of rotatable bonds is 4. The zero-order chi connectivity index (χ0) is 15.6. The number of nitrogens with zero attached hydrogens (tertiary/aromatic N) is 1. The van der Waals surface area contributed by atoms with Gasteiger partial charge in [-0.15, -0.1) is 10.2 Å². The third-order valence-electron chi connectivity index (χ3n) is 3.55. The average molecular weight is 318 g/mol. The van der Waals surface area contributed by atoms with Crippen molar-refractivity contribution in [2.24, 2.45) is 9.50 Å². The van der Waals surface area contributed by atoms with E-state index in [1.54, 1.807) is 7.05 Å². The van der Waals surface area contributed by atoms with E-state index in [0.29, 0.717) is 11.4 Å². The molecule has 0 bridgehead atoms. The first-order valence-corrected chi connectivity index (χ1v) is 10.5. The second-order valence-corrected chi connectivity index (χ2v) is 12.3. The lowest BCUT2D eigenvalue weighted by Gasteiger charge is -2.40. The van der Waals surface area contributed by atoms with Gasteiger partial charge in [0, 0.05) is 11.3 Å². The molecule has 1 unspecified atom stereocenters. The highest BCUT2D eigenvalue weighted by Gasteiger charge is 2.29. The van der Waals surface area contributed by atoms with Crippen LogP contribution in [-0.2, 0) is 16.5 Å². The van der Waals surface area contributed by atoms with Gasteiger partial charge in [-0.25, -0.2) is 8.93 Å². The van der Waals surface area contributed by atoms with Gasteiger partial charge in [-0.05, 0) is 37.3 Å². The number of nitrogens with two attached hydrogens (primary N) is 1. The van der Waals surface area contributed by atoms with Crippen LogP contribution in [0.15, 0.2) is 32.9 Å². The minimum atomic E-state index is -2.60. The van der Waals surface area contributed by atoms with Gasteiger partial charge in [-0.2, -0.15) is 3.77 Å². The molecule has 4 nitrogen and oxygen atoms in total. The molecule has 0 saturated heterocycles. The second kappa shape index (κ2) is 6.05. The van der Waals surface area contributed by atoms with Crippen molar-refractivity contribution in [1.82, 2.24) is 4.72 Å². The van der Waals surface area contributed by atoms with Crippen molar-refractivity contribution < 1.29 is 4.21 Å². The van der Waals surface area contributed by atoms with Gasteiger partial charge in [0.25, 0.3) is 0 Å². The standard InChI is InChI=1S/C14H27N3OS2/c1-14(2,3)19(5,6)17-20(18,16-4)13-9-7-12(11-15)8-10-13/h7-10H,11,15H2,1-6H3,(H,16,17,18). The van der Waals surface area contributed by atoms with E-state index in [2.05, 4.69) is 38.0 Å². The Hall–Kier alpha value is -0.560. The van der Waals surface area contributed by atoms with E-state index < -0.39 is 20.1 Å². The fraction of sp³-hybridized carbons (Fsp3) is 0.571. The van der Waals surface area contributed by atoms with Gasteiger partial charge >= 0.3 is 0 Å². The molecule has 1 aromatic carbocycles. The van der Waals surface area contributed by atoms with Gasteiger partial charge in [0.1, 0.15) is 9.92 Å². The highest BCUT2D eigenvalue weighted by Crippen LogP contribution is 2.55. The number of hydrogen-bond donors (Lipinski definition) is 2. The summed E-state index contributed by atoms with van der Waals surface area (Å²) in [7, 11) is -2.27. The summed E-state index contributed by atoms with van der Waals surface area (Å²) in [6.07, 6.45) is 4.19. The van der Waals surface area contributed by atoms with Gasteiger partial charge < -0.3 is 5.73 Å². The van der Waals surface area contributed by atoms with Crippen LogP contribution >= 0.6 is 10.2 Å². The Kier molecular flexibility index (Phi) is 5.29. The molecule has 1 aromatic rings. The van der Waals surface area contributed by atoms with E-state index in [1.807, 2.05) is 24.3 Å². The van der Waals surface area contributed by atoms with Gasteiger partial charge in [0.15, 0.2) is 0 Å². The van der Waals surface area contributed by atoms with Crippen LogP contribution in [0.3, 0.4) is 0 Å². The first kappa shape index (κ1) is 17.5. The Morgan fingerprint density at radius 1 is 1.20 bits per heavy atom. The Labute approximate surface area is 125 Å². The minimum Gasteiger partial charge on any atom is -0.326 e. The molecule has 0 heterocycles. The van der Waals surface area contributed by atoms with E-state index in [4.69, 9.17) is 9.50 Å². The van der Waals surface area contributed by atoms with Gasteiger partial charge in [-0.1, -0.05) is 32.9 Å². The van der Waals surface area contributed by atoms with Crippen LogP contribution < -0.4 is 10.5 Å². The van der Waals surface area contributed by atoms with Gasteiger partial charge in [-0.3, -0.25) is 0 Å². The molecule has 1 rings (SSSR count). The van der Waals surface area contributed by atoms with Crippen molar-refractivity contribution in [1.29, 1.82) is 0 Å². The molecular formula is C14H27N3OS2. The lowest BCUT2D eigenvalue weighted by atomic mass is 10.2. The first-order valence-electron chi connectivity index (χ1n) is 6.54. The SMILES string of the molecule is CNS(=O)(=NS(C)(C)C(C)(C)C)c1ccc(CN)cc1. The highest BCUT2D eigenvalue weighted by molar-refractivity contribution is 8.35. The van der Waals surface area contributed by atoms with E-state index in [1.165, 1.54) is 0 Å². The summed E-state index contributed by atoms with van der Waals surface area (Å²) in [5.41, 5.74) is 6.62. The third kappa shape index (κ3) is 3.75. The van der Waals surface area contributed by atoms with Crippen molar-refractivity contribution in [2.45, 2.75) is 37.0 Å². The van der Waals surface area contributed by atoms with Crippen LogP contribution in [-0.4, -0.2) is 28.5 Å². The maximum atomic E-state index is 13.1. The lowest BCUT2D eigenvalue weighted by molar-refractivity contribution is 0.671. The largest absolute Gasteiger partial charge is 0.326 e. The van der Waals surface area contributed by atoms with Crippen molar-refractivity contribution in [2.75, 3.05) is 19.6 Å². The molecule has 0 aromatic heterocycles. The normalized spacial score (nSPS) is 16.6. The molecule has 6 heteroatoms. The Balaban J connectivity index is 3.37. The molecule has 0 saturated carbocycles. The topological polar surface area (TPSA) is 67.5 Å². The maximum absolute atomic E-state index is 13.1. The van der Waals surface area contributed by atoms with Crippen LogP contribution in [0.4, 0.5) is 0 Å². The molecule has 3 N–H and O–H groups in total. The molecule has 0 aliphatic rings. The van der Waals surface area contributed by atoms with Crippen LogP contribution in [0.25, 0.3) is 0 Å². The molecule has 0 spiro atoms. The summed E-state index contributed by atoms with van der Waals surface area (Å²) in [6.45, 7) is 6.90. The number of hydrogen-bond acceptors (Lipinski definition) is 3. The van der Waals surface area contributed by atoms with Crippen LogP contribution in [0.2, 0.25) is 0 Å². The minimum absolute atomic E-state index is 0.00368. The quantitative estimate of drug-likeness (QED) is 0.896. The summed E-state index contributed by atoms with van der Waals surface area (Å²) in [4.78, 5) is 0.710. The zero-order valence-corrected chi connectivity index (χ0v) is 14.9. The Bertz CT molecular complexity index is 565. The summed E-state index contributed by atoms with van der Waals surface area (Å²) in [5.74, 6) is 0. The monoisotopic (exact) mass is 317 g/mol. The molecular weight excluding hydrogens is 290 g/mol. The van der Waals surface area contributed by atoms with E-state index in [9.17, 15) is 4.21 Å². The van der Waals surface area contributed by atoms with Crippen molar-refractivity contribution in [3.05, 3.63) is 29.8 Å². The highest BCUT2D eigenvalue weighted by atomic mass is 32.3. The molecule has 20 heavy (non-hydrogen) atoms. The van der Waals surface area contributed by atoms with E-state index >= 15 is 0 Å². The van der Waals surface area contributed by atoms with Crippen LogP contribution in [0.1, 0.15) is 26.3 Å². The Morgan fingerprint density at radius 3 is 2.05 bits per heavy atom. The number of nitrogens with one attached hydrogen (secondary N) is 1. The summed E-state index contributed by atoms with van der Waals surface area (Å²) >= 11 is 0.